The molecule has 0 saturated carbocycles. The zero-order chi connectivity index (χ0) is 10.0. The first-order chi connectivity index (χ1) is 6.06. The van der Waals surface area contributed by atoms with Crippen molar-refractivity contribution in [1.29, 1.82) is 5.26 Å². The summed E-state index contributed by atoms with van der Waals surface area (Å²) in [7, 11) is 0. The van der Waals surface area contributed by atoms with E-state index in [1.807, 2.05) is 0 Å². The number of hydrogen-bond acceptors (Lipinski definition) is 2. The number of carbonyl (C=O) groups is 1. The Morgan fingerprint density at radius 3 is 2.69 bits per heavy atom. The van der Waals surface area contributed by atoms with Gasteiger partial charge in [-0.25, -0.2) is 9.18 Å². The molecule has 1 aromatic rings. The van der Waals surface area contributed by atoms with Gasteiger partial charge in [-0.05, 0) is 28.1 Å². The molecule has 0 fully saturated rings. The zero-order valence-electron chi connectivity index (χ0n) is 6.21. The normalized spacial score (nSPS) is 9.31. The third-order valence-electron chi connectivity index (χ3n) is 1.39. The van der Waals surface area contributed by atoms with E-state index < -0.39 is 11.8 Å². The molecule has 1 N–H and O–H groups in total. The van der Waals surface area contributed by atoms with E-state index in [4.69, 9.17) is 10.4 Å². The van der Waals surface area contributed by atoms with Gasteiger partial charge in [-0.2, -0.15) is 5.26 Å². The molecule has 13 heavy (non-hydrogen) atoms. The van der Waals surface area contributed by atoms with Crippen LogP contribution in [0.25, 0.3) is 0 Å². The van der Waals surface area contributed by atoms with Gasteiger partial charge in [0, 0.05) is 0 Å². The van der Waals surface area contributed by atoms with Gasteiger partial charge in [-0.3, -0.25) is 0 Å². The van der Waals surface area contributed by atoms with Crippen LogP contribution in [0.1, 0.15) is 15.9 Å². The molecule has 0 atom stereocenters. The van der Waals surface area contributed by atoms with E-state index in [9.17, 15) is 9.18 Å². The van der Waals surface area contributed by atoms with E-state index in [1.165, 1.54) is 0 Å². The smallest absolute Gasteiger partial charge is 0.336 e. The second kappa shape index (κ2) is 3.54. The Morgan fingerprint density at radius 1 is 1.62 bits per heavy atom. The van der Waals surface area contributed by atoms with Gasteiger partial charge in [0.15, 0.2) is 0 Å². The largest absolute Gasteiger partial charge is 0.478 e. The lowest BCUT2D eigenvalue weighted by Gasteiger charge is -2.00. The lowest BCUT2D eigenvalue weighted by molar-refractivity contribution is 0.0695. The highest BCUT2D eigenvalue weighted by Gasteiger charge is 2.13. The lowest BCUT2D eigenvalue weighted by atomic mass is 10.1. The van der Waals surface area contributed by atoms with Crippen LogP contribution in [0.4, 0.5) is 4.39 Å². The molecule has 0 spiro atoms. The van der Waals surface area contributed by atoms with Gasteiger partial charge in [0.25, 0.3) is 0 Å². The average molecular weight is 244 g/mol. The third-order valence-corrected chi connectivity index (χ3v) is 2.19. The van der Waals surface area contributed by atoms with Crippen LogP contribution in [0.2, 0.25) is 0 Å². The standard InChI is InChI=1S/C8H3BrFNO2/c9-7-5(8(12)13)1-4(3-11)2-6(7)10/h1-2H,(H,12,13). The molecule has 0 amide bonds. The summed E-state index contributed by atoms with van der Waals surface area (Å²) >= 11 is 2.78. The second-order valence-electron chi connectivity index (χ2n) is 2.24. The fourth-order valence-electron chi connectivity index (χ4n) is 0.809. The maximum atomic E-state index is 12.9. The first-order valence-corrected chi connectivity index (χ1v) is 3.98. The Balaban J connectivity index is 3.44. The number of benzene rings is 1. The van der Waals surface area contributed by atoms with Gasteiger partial charge in [-0.1, -0.05) is 0 Å². The van der Waals surface area contributed by atoms with E-state index in [0.717, 1.165) is 12.1 Å². The number of hydrogen-bond donors (Lipinski definition) is 1. The van der Waals surface area contributed by atoms with E-state index in [0.29, 0.717) is 0 Å². The fourth-order valence-corrected chi connectivity index (χ4v) is 1.21. The molecule has 3 nitrogen and oxygen atoms in total. The van der Waals surface area contributed by atoms with Crippen LogP contribution in [0.5, 0.6) is 0 Å². The fraction of sp³-hybridized carbons (Fsp3) is 0. The van der Waals surface area contributed by atoms with Crippen molar-refractivity contribution in [2.45, 2.75) is 0 Å². The Morgan fingerprint density at radius 2 is 2.23 bits per heavy atom. The molecule has 0 aliphatic rings. The highest BCUT2D eigenvalue weighted by molar-refractivity contribution is 9.10. The molecule has 0 heterocycles. The highest BCUT2D eigenvalue weighted by Crippen LogP contribution is 2.22. The van der Waals surface area contributed by atoms with Crippen molar-refractivity contribution >= 4 is 21.9 Å². The summed E-state index contributed by atoms with van der Waals surface area (Å²) in [5.74, 6) is -2.03. The molecule has 66 valence electrons. The maximum absolute atomic E-state index is 12.9. The maximum Gasteiger partial charge on any atom is 0.336 e. The molecule has 0 bridgehead atoms. The van der Waals surface area contributed by atoms with Crippen LogP contribution in [0, 0.1) is 17.1 Å². The van der Waals surface area contributed by atoms with Crippen LogP contribution in [0.3, 0.4) is 0 Å². The Labute approximate surface area is 81.5 Å². The molecule has 0 radical (unpaired) electrons. The van der Waals surface area contributed by atoms with E-state index in [-0.39, 0.29) is 15.6 Å². The number of nitriles is 1. The molecule has 0 aromatic heterocycles. The number of aromatic carboxylic acids is 1. The quantitative estimate of drug-likeness (QED) is 0.823. The van der Waals surface area contributed by atoms with Crippen molar-refractivity contribution in [1.82, 2.24) is 0 Å². The molecular weight excluding hydrogens is 241 g/mol. The minimum Gasteiger partial charge on any atom is -0.478 e. The zero-order valence-corrected chi connectivity index (χ0v) is 7.80. The Kier molecular flexibility index (Phi) is 2.63. The second-order valence-corrected chi connectivity index (χ2v) is 3.03. The summed E-state index contributed by atoms with van der Waals surface area (Å²) in [6.45, 7) is 0. The SMILES string of the molecule is N#Cc1cc(F)c(Br)c(C(=O)O)c1. The summed E-state index contributed by atoms with van der Waals surface area (Å²) in [4.78, 5) is 10.5. The first kappa shape index (κ1) is 9.68. The van der Waals surface area contributed by atoms with Gasteiger partial charge in [0.1, 0.15) is 5.82 Å². The molecule has 1 aromatic carbocycles. The van der Waals surface area contributed by atoms with Crippen molar-refractivity contribution in [3.8, 4) is 6.07 Å². The molecular formula is C8H3BrFNO2. The van der Waals surface area contributed by atoms with Gasteiger partial charge in [-0.15, -0.1) is 0 Å². The van der Waals surface area contributed by atoms with Crippen LogP contribution >= 0.6 is 15.9 Å². The molecule has 0 saturated heterocycles. The third kappa shape index (κ3) is 1.84. The number of carboxylic acid groups (broad SMARTS) is 1. The van der Waals surface area contributed by atoms with E-state index >= 15 is 0 Å². The Hall–Kier alpha value is -1.41. The van der Waals surface area contributed by atoms with Crippen LogP contribution < -0.4 is 0 Å². The van der Waals surface area contributed by atoms with Crippen molar-refractivity contribution in [3.05, 3.63) is 33.5 Å². The number of nitrogens with zero attached hydrogens (tertiary/aromatic N) is 1. The van der Waals surface area contributed by atoms with Crippen molar-refractivity contribution in [2.24, 2.45) is 0 Å². The van der Waals surface area contributed by atoms with Gasteiger partial charge in [0.2, 0.25) is 0 Å². The molecule has 5 heteroatoms. The van der Waals surface area contributed by atoms with Crippen molar-refractivity contribution < 1.29 is 14.3 Å². The summed E-state index contributed by atoms with van der Waals surface area (Å²) < 4.78 is 12.8. The Bertz CT molecular complexity index is 411. The monoisotopic (exact) mass is 243 g/mol. The van der Waals surface area contributed by atoms with E-state index in [2.05, 4.69) is 15.9 Å². The number of carboxylic acids is 1. The van der Waals surface area contributed by atoms with Crippen molar-refractivity contribution in [3.63, 3.8) is 0 Å². The van der Waals surface area contributed by atoms with Crippen molar-refractivity contribution in [2.75, 3.05) is 0 Å². The van der Waals surface area contributed by atoms with Gasteiger partial charge < -0.3 is 5.11 Å². The van der Waals surface area contributed by atoms with Crippen LogP contribution in [0.15, 0.2) is 16.6 Å². The minimum absolute atomic E-state index is 0.0156. The number of halogens is 2. The van der Waals surface area contributed by atoms with Gasteiger partial charge in [0.05, 0.1) is 21.7 Å². The summed E-state index contributed by atoms with van der Waals surface area (Å²) in [6, 6.07) is 3.74. The first-order valence-electron chi connectivity index (χ1n) is 3.18. The summed E-state index contributed by atoms with van der Waals surface area (Å²) in [5, 5.41) is 17.0. The van der Waals surface area contributed by atoms with Crippen LogP contribution in [-0.2, 0) is 0 Å². The predicted molar refractivity (Wildman–Crippen MR) is 45.8 cm³/mol. The molecule has 0 aliphatic carbocycles. The molecule has 0 unspecified atom stereocenters. The summed E-state index contributed by atoms with van der Waals surface area (Å²) in [6.07, 6.45) is 0. The lowest BCUT2D eigenvalue weighted by Crippen LogP contribution is -2.00. The average Bonchev–Trinajstić information content (AvgIpc) is 2.09. The number of rotatable bonds is 1. The topological polar surface area (TPSA) is 61.1 Å². The minimum atomic E-state index is -1.28. The predicted octanol–water partition coefficient (Wildman–Crippen LogP) is 2.16. The van der Waals surface area contributed by atoms with Gasteiger partial charge >= 0.3 is 5.97 Å². The van der Waals surface area contributed by atoms with E-state index in [1.54, 1.807) is 6.07 Å². The highest BCUT2D eigenvalue weighted by atomic mass is 79.9. The molecule has 0 aliphatic heterocycles. The van der Waals surface area contributed by atoms with Crippen LogP contribution in [-0.4, -0.2) is 11.1 Å². The molecule has 1 rings (SSSR count). The summed E-state index contributed by atoms with van der Waals surface area (Å²) in [5.41, 5.74) is -0.269.